The number of sulfonamides is 1. The number of hydrogen-bond acceptors (Lipinski definition) is 3. The third kappa shape index (κ3) is 2.13. The first-order valence-corrected chi connectivity index (χ1v) is 8.08. The molecule has 2 atom stereocenters. The fourth-order valence-corrected chi connectivity index (χ4v) is 5.33. The molecule has 1 aromatic carbocycles. The molecular formula is C13H16F2N2O2S. The maximum atomic E-state index is 13.8. The number of rotatable bonds is 2. The van der Waals surface area contributed by atoms with Crippen molar-refractivity contribution in [2.24, 2.45) is 5.73 Å². The van der Waals surface area contributed by atoms with Crippen molar-refractivity contribution in [1.29, 1.82) is 0 Å². The smallest absolute Gasteiger partial charge is 0.246 e. The van der Waals surface area contributed by atoms with Crippen LogP contribution in [-0.4, -0.2) is 30.8 Å². The molecule has 2 aliphatic rings. The molecule has 0 spiro atoms. The number of nitrogens with two attached hydrogens (primary N) is 1. The molecular weight excluding hydrogens is 286 g/mol. The second-order valence-electron chi connectivity index (χ2n) is 5.53. The van der Waals surface area contributed by atoms with Gasteiger partial charge < -0.3 is 5.73 Å². The molecule has 0 aromatic heterocycles. The fraction of sp³-hybridized carbons (Fsp3) is 0.538. The van der Waals surface area contributed by atoms with E-state index in [1.54, 1.807) is 0 Å². The van der Waals surface area contributed by atoms with Crippen LogP contribution in [0.15, 0.2) is 23.1 Å². The summed E-state index contributed by atoms with van der Waals surface area (Å²) in [6.45, 7) is 0. The van der Waals surface area contributed by atoms with Gasteiger partial charge in [-0.25, -0.2) is 17.2 Å². The number of halogens is 2. The predicted octanol–water partition coefficient (Wildman–Crippen LogP) is 1.61. The van der Waals surface area contributed by atoms with Crippen LogP contribution in [-0.2, 0) is 10.0 Å². The third-order valence-corrected chi connectivity index (χ3v) is 6.17. The van der Waals surface area contributed by atoms with Crippen LogP contribution in [0.1, 0.15) is 25.7 Å². The number of hydrogen-bond donors (Lipinski definition) is 1. The Morgan fingerprint density at radius 2 is 1.75 bits per heavy atom. The summed E-state index contributed by atoms with van der Waals surface area (Å²) in [6, 6.07) is 2.09. The predicted molar refractivity (Wildman–Crippen MR) is 69.4 cm³/mol. The highest BCUT2D eigenvalue weighted by molar-refractivity contribution is 7.89. The van der Waals surface area contributed by atoms with Crippen molar-refractivity contribution in [2.75, 3.05) is 0 Å². The van der Waals surface area contributed by atoms with Gasteiger partial charge in [0.1, 0.15) is 16.5 Å². The first-order valence-electron chi connectivity index (χ1n) is 6.64. The molecule has 2 heterocycles. The SMILES string of the molecule is NC1CC2CCC(C1)N2S(=O)(=O)c1cc(F)ccc1F. The van der Waals surface area contributed by atoms with Crippen LogP contribution >= 0.6 is 0 Å². The van der Waals surface area contributed by atoms with Gasteiger partial charge in [-0.15, -0.1) is 0 Å². The minimum absolute atomic E-state index is 0.0173. The molecule has 20 heavy (non-hydrogen) atoms. The summed E-state index contributed by atoms with van der Waals surface area (Å²) in [5.74, 6) is -1.67. The lowest BCUT2D eigenvalue weighted by molar-refractivity contribution is 0.226. The van der Waals surface area contributed by atoms with Gasteiger partial charge in [-0.1, -0.05) is 0 Å². The topological polar surface area (TPSA) is 63.4 Å². The van der Waals surface area contributed by atoms with Gasteiger partial charge in [0.2, 0.25) is 10.0 Å². The van der Waals surface area contributed by atoms with Crippen LogP contribution in [0.3, 0.4) is 0 Å². The summed E-state index contributed by atoms with van der Waals surface area (Å²) in [6.07, 6.45) is 2.61. The lowest BCUT2D eigenvalue weighted by atomic mass is 10.0. The van der Waals surface area contributed by atoms with E-state index in [2.05, 4.69) is 0 Å². The molecule has 0 radical (unpaired) electrons. The number of benzene rings is 1. The highest BCUT2D eigenvalue weighted by Crippen LogP contribution is 2.39. The molecule has 0 amide bonds. The van der Waals surface area contributed by atoms with Crippen molar-refractivity contribution in [1.82, 2.24) is 4.31 Å². The third-order valence-electron chi connectivity index (χ3n) is 4.15. The van der Waals surface area contributed by atoms with Gasteiger partial charge in [0.05, 0.1) is 0 Å². The minimum Gasteiger partial charge on any atom is -0.328 e. The van der Waals surface area contributed by atoms with Gasteiger partial charge >= 0.3 is 0 Å². The van der Waals surface area contributed by atoms with Gasteiger partial charge in [0.15, 0.2) is 0 Å². The van der Waals surface area contributed by atoms with E-state index in [0.29, 0.717) is 12.8 Å². The van der Waals surface area contributed by atoms with Crippen molar-refractivity contribution < 1.29 is 17.2 Å². The summed E-state index contributed by atoms with van der Waals surface area (Å²) >= 11 is 0. The average Bonchev–Trinajstić information content (AvgIpc) is 2.66. The van der Waals surface area contributed by atoms with Crippen LogP contribution in [0.5, 0.6) is 0 Å². The molecule has 0 saturated carbocycles. The second-order valence-corrected chi connectivity index (χ2v) is 7.34. The van der Waals surface area contributed by atoms with Crippen LogP contribution < -0.4 is 5.73 Å². The zero-order chi connectivity index (χ0) is 14.5. The first kappa shape index (κ1) is 13.9. The minimum atomic E-state index is -4.01. The zero-order valence-corrected chi connectivity index (χ0v) is 11.6. The average molecular weight is 302 g/mol. The maximum absolute atomic E-state index is 13.8. The van der Waals surface area contributed by atoms with E-state index < -0.39 is 26.6 Å². The molecule has 1 aromatic rings. The van der Waals surface area contributed by atoms with Crippen LogP contribution in [0, 0.1) is 11.6 Å². The summed E-state index contributed by atoms with van der Waals surface area (Å²) in [7, 11) is -4.01. The highest BCUT2D eigenvalue weighted by Gasteiger charge is 2.47. The lowest BCUT2D eigenvalue weighted by Gasteiger charge is -2.36. The number of nitrogens with zero attached hydrogens (tertiary/aromatic N) is 1. The van der Waals surface area contributed by atoms with Gasteiger partial charge in [-0.3, -0.25) is 0 Å². The largest absolute Gasteiger partial charge is 0.328 e. The number of piperidine rings is 1. The van der Waals surface area contributed by atoms with Crippen LogP contribution in [0.4, 0.5) is 8.78 Å². The van der Waals surface area contributed by atoms with Gasteiger partial charge in [0.25, 0.3) is 0 Å². The van der Waals surface area contributed by atoms with Crippen molar-refractivity contribution in [3.05, 3.63) is 29.8 Å². The molecule has 2 unspecified atom stereocenters. The van der Waals surface area contributed by atoms with E-state index in [4.69, 9.17) is 5.73 Å². The quantitative estimate of drug-likeness (QED) is 0.902. The Bertz CT molecular complexity index is 621. The van der Waals surface area contributed by atoms with E-state index in [1.165, 1.54) is 4.31 Å². The fourth-order valence-electron chi connectivity index (χ4n) is 3.36. The molecule has 110 valence electrons. The normalized spacial score (nSPS) is 30.6. The molecule has 4 nitrogen and oxygen atoms in total. The Balaban J connectivity index is 2.03. The second kappa shape index (κ2) is 4.75. The molecule has 0 aliphatic carbocycles. The molecule has 2 bridgehead atoms. The summed E-state index contributed by atoms with van der Waals surface area (Å²) < 4.78 is 53.6. The van der Waals surface area contributed by atoms with Crippen LogP contribution in [0.2, 0.25) is 0 Å². The van der Waals surface area contributed by atoms with Gasteiger partial charge in [-0.2, -0.15) is 4.31 Å². The summed E-state index contributed by atoms with van der Waals surface area (Å²) in [5, 5.41) is 0. The first-order chi connectivity index (χ1) is 9.39. The van der Waals surface area contributed by atoms with Crippen molar-refractivity contribution in [2.45, 2.75) is 48.7 Å². The molecule has 2 aliphatic heterocycles. The lowest BCUT2D eigenvalue weighted by Crippen LogP contribution is -2.50. The van der Waals surface area contributed by atoms with Crippen molar-refractivity contribution in [3.8, 4) is 0 Å². The molecule has 3 rings (SSSR count). The van der Waals surface area contributed by atoms with E-state index in [0.717, 1.165) is 31.0 Å². The highest BCUT2D eigenvalue weighted by atomic mass is 32.2. The monoisotopic (exact) mass is 302 g/mol. The molecule has 2 fully saturated rings. The van der Waals surface area contributed by atoms with Crippen molar-refractivity contribution in [3.63, 3.8) is 0 Å². The maximum Gasteiger partial charge on any atom is 0.246 e. The molecule has 2 saturated heterocycles. The summed E-state index contributed by atoms with van der Waals surface area (Å²) in [4.78, 5) is -0.579. The standard InChI is InChI=1S/C13H16F2N2O2S/c14-8-1-4-12(15)13(5-8)20(18,19)17-10-2-3-11(17)7-9(16)6-10/h1,4-5,9-11H,2-3,6-7,16H2. The van der Waals surface area contributed by atoms with E-state index in [1.807, 2.05) is 0 Å². The van der Waals surface area contributed by atoms with Gasteiger partial charge in [0, 0.05) is 18.1 Å². The van der Waals surface area contributed by atoms with E-state index >= 15 is 0 Å². The number of fused-ring (bicyclic) bond motifs is 2. The van der Waals surface area contributed by atoms with Gasteiger partial charge in [-0.05, 0) is 43.9 Å². The van der Waals surface area contributed by atoms with E-state index in [-0.39, 0.29) is 18.1 Å². The Morgan fingerprint density at radius 1 is 1.15 bits per heavy atom. The van der Waals surface area contributed by atoms with Crippen LogP contribution in [0.25, 0.3) is 0 Å². The Morgan fingerprint density at radius 3 is 2.35 bits per heavy atom. The Kier molecular flexibility index (Phi) is 3.30. The Labute approximate surface area is 116 Å². The summed E-state index contributed by atoms with van der Waals surface area (Å²) in [5.41, 5.74) is 5.90. The Hall–Kier alpha value is -1.05. The van der Waals surface area contributed by atoms with E-state index in [9.17, 15) is 17.2 Å². The molecule has 7 heteroatoms. The van der Waals surface area contributed by atoms with Crippen molar-refractivity contribution >= 4 is 10.0 Å². The zero-order valence-electron chi connectivity index (χ0n) is 10.8. The molecule has 2 N–H and O–H groups in total.